The van der Waals surface area contributed by atoms with Crippen LogP contribution in [0.4, 0.5) is 0 Å². The predicted molar refractivity (Wildman–Crippen MR) is 95.3 cm³/mol. The minimum Gasteiger partial charge on any atom is -0.343 e. The molecule has 0 N–H and O–H groups in total. The summed E-state index contributed by atoms with van der Waals surface area (Å²) in [5.74, 6) is 0.582. The minimum atomic E-state index is 0.272. The van der Waals surface area contributed by atoms with Gasteiger partial charge in [-0.05, 0) is 41.9 Å². The number of hydrogen-bond donors (Lipinski definition) is 0. The van der Waals surface area contributed by atoms with E-state index >= 15 is 0 Å². The molecule has 2 nitrogen and oxygen atoms in total. The number of carbonyl (C=O) groups is 1. The van der Waals surface area contributed by atoms with E-state index in [9.17, 15) is 4.79 Å². The predicted octanol–water partition coefficient (Wildman–Crippen LogP) is 4.86. The SMILES string of the molecule is CC(CC(=O)N1CCCCC1)c1ccc(-c2ccccc2)cc1. The van der Waals surface area contributed by atoms with E-state index in [-0.39, 0.29) is 5.92 Å². The van der Waals surface area contributed by atoms with Crippen molar-refractivity contribution in [1.82, 2.24) is 4.90 Å². The van der Waals surface area contributed by atoms with E-state index in [1.807, 2.05) is 11.0 Å². The highest BCUT2D eigenvalue weighted by molar-refractivity contribution is 5.77. The maximum atomic E-state index is 12.4. The van der Waals surface area contributed by atoms with Gasteiger partial charge in [0.25, 0.3) is 0 Å². The van der Waals surface area contributed by atoms with Crippen molar-refractivity contribution < 1.29 is 4.79 Å². The second-order valence-electron chi connectivity index (χ2n) is 6.53. The molecule has 0 aliphatic carbocycles. The molecule has 0 saturated carbocycles. The number of benzene rings is 2. The van der Waals surface area contributed by atoms with Gasteiger partial charge in [0.05, 0.1) is 0 Å². The van der Waals surface area contributed by atoms with Crippen LogP contribution in [0.2, 0.25) is 0 Å². The molecule has 1 aliphatic rings. The van der Waals surface area contributed by atoms with E-state index in [0.717, 1.165) is 25.9 Å². The molecule has 0 radical (unpaired) electrons. The van der Waals surface area contributed by atoms with Crippen LogP contribution in [0.5, 0.6) is 0 Å². The van der Waals surface area contributed by atoms with E-state index in [1.54, 1.807) is 0 Å². The first-order valence-electron chi connectivity index (χ1n) is 8.67. The quantitative estimate of drug-likeness (QED) is 0.790. The van der Waals surface area contributed by atoms with Crippen LogP contribution >= 0.6 is 0 Å². The molecule has 1 atom stereocenters. The van der Waals surface area contributed by atoms with Crippen molar-refractivity contribution in [2.75, 3.05) is 13.1 Å². The van der Waals surface area contributed by atoms with Gasteiger partial charge >= 0.3 is 0 Å². The normalized spacial score (nSPS) is 16.1. The van der Waals surface area contributed by atoms with Gasteiger partial charge in [-0.15, -0.1) is 0 Å². The Labute approximate surface area is 139 Å². The zero-order valence-corrected chi connectivity index (χ0v) is 13.9. The Morgan fingerprint density at radius 1 is 0.913 bits per heavy atom. The molecule has 1 fully saturated rings. The molecule has 2 aromatic rings. The fourth-order valence-electron chi connectivity index (χ4n) is 3.29. The summed E-state index contributed by atoms with van der Waals surface area (Å²) in [7, 11) is 0. The fraction of sp³-hybridized carbons (Fsp3) is 0.381. The summed E-state index contributed by atoms with van der Waals surface area (Å²) >= 11 is 0. The Kier molecular flexibility index (Phi) is 5.12. The molecule has 23 heavy (non-hydrogen) atoms. The van der Waals surface area contributed by atoms with E-state index in [2.05, 4.69) is 55.5 Å². The third-order valence-electron chi connectivity index (χ3n) is 4.78. The number of rotatable bonds is 4. The van der Waals surface area contributed by atoms with Crippen molar-refractivity contribution in [2.45, 2.75) is 38.5 Å². The molecule has 1 unspecified atom stereocenters. The third-order valence-corrected chi connectivity index (χ3v) is 4.78. The van der Waals surface area contributed by atoms with Crippen LogP contribution in [0.15, 0.2) is 54.6 Å². The second-order valence-corrected chi connectivity index (χ2v) is 6.53. The summed E-state index contributed by atoms with van der Waals surface area (Å²) in [6.45, 7) is 4.04. The van der Waals surface area contributed by atoms with Gasteiger partial charge in [0.2, 0.25) is 5.91 Å². The van der Waals surface area contributed by atoms with E-state index in [1.165, 1.54) is 23.1 Å². The molecule has 2 aromatic carbocycles. The lowest BCUT2D eigenvalue weighted by atomic mass is 9.94. The standard InChI is InChI=1S/C21H25NO/c1-17(16-21(23)22-14-6-3-7-15-22)18-10-12-20(13-11-18)19-8-4-2-5-9-19/h2,4-5,8-13,17H,3,6-7,14-16H2,1H3. The molecular weight excluding hydrogens is 282 g/mol. The number of amides is 1. The van der Waals surface area contributed by atoms with Crippen LogP contribution in [-0.2, 0) is 4.79 Å². The van der Waals surface area contributed by atoms with E-state index in [4.69, 9.17) is 0 Å². The van der Waals surface area contributed by atoms with Crippen LogP contribution in [0.3, 0.4) is 0 Å². The monoisotopic (exact) mass is 307 g/mol. The van der Waals surface area contributed by atoms with Crippen molar-refractivity contribution in [3.63, 3.8) is 0 Å². The van der Waals surface area contributed by atoms with Crippen molar-refractivity contribution in [2.24, 2.45) is 0 Å². The average molecular weight is 307 g/mol. The Balaban J connectivity index is 1.63. The van der Waals surface area contributed by atoms with Crippen LogP contribution in [0.25, 0.3) is 11.1 Å². The lowest BCUT2D eigenvalue weighted by Crippen LogP contribution is -2.36. The molecule has 1 amide bonds. The van der Waals surface area contributed by atoms with Gasteiger partial charge in [-0.2, -0.15) is 0 Å². The Morgan fingerprint density at radius 2 is 1.52 bits per heavy atom. The summed E-state index contributed by atoms with van der Waals surface area (Å²) in [4.78, 5) is 14.4. The van der Waals surface area contributed by atoms with Crippen molar-refractivity contribution in [3.8, 4) is 11.1 Å². The lowest BCUT2D eigenvalue weighted by Gasteiger charge is -2.28. The molecule has 1 heterocycles. The van der Waals surface area contributed by atoms with Gasteiger partial charge in [0, 0.05) is 19.5 Å². The zero-order chi connectivity index (χ0) is 16.1. The van der Waals surface area contributed by atoms with Crippen LogP contribution in [-0.4, -0.2) is 23.9 Å². The molecule has 120 valence electrons. The highest BCUT2D eigenvalue weighted by atomic mass is 16.2. The third kappa shape index (κ3) is 4.01. The molecular formula is C21H25NO. The molecule has 1 aliphatic heterocycles. The number of carbonyl (C=O) groups excluding carboxylic acids is 1. The first kappa shape index (κ1) is 15.8. The number of likely N-dealkylation sites (tertiary alicyclic amines) is 1. The van der Waals surface area contributed by atoms with Gasteiger partial charge in [-0.3, -0.25) is 4.79 Å². The van der Waals surface area contributed by atoms with Crippen LogP contribution < -0.4 is 0 Å². The minimum absolute atomic E-state index is 0.272. The van der Waals surface area contributed by atoms with E-state index in [0.29, 0.717) is 12.3 Å². The maximum Gasteiger partial charge on any atom is 0.223 e. The van der Waals surface area contributed by atoms with Crippen LogP contribution in [0, 0.1) is 0 Å². The molecule has 0 spiro atoms. The molecule has 2 heteroatoms. The van der Waals surface area contributed by atoms with E-state index < -0.39 is 0 Å². The lowest BCUT2D eigenvalue weighted by molar-refractivity contribution is -0.132. The highest BCUT2D eigenvalue weighted by Gasteiger charge is 2.19. The topological polar surface area (TPSA) is 20.3 Å². The van der Waals surface area contributed by atoms with Gasteiger partial charge in [-0.25, -0.2) is 0 Å². The van der Waals surface area contributed by atoms with Gasteiger partial charge in [-0.1, -0.05) is 61.5 Å². The number of hydrogen-bond acceptors (Lipinski definition) is 1. The summed E-state index contributed by atoms with van der Waals surface area (Å²) in [6, 6.07) is 19.0. The number of piperidine rings is 1. The first-order chi connectivity index (χ1) is 11.2. The maximum absolute atomic E-state index is 12.4. The Bertz CT molecular complexity index is 627. The molecule has 0 bridgehead atoms. The Hall–Kier alpha value is -2.09. The summed E-state index contributed by atoms with van der Waals surface area (Å²) in [5, 5.41) is 0. The van der Waals surface area contributed by atoms with Crippen molar-refractivity contribution in [3.05, 3.63) is 60.2 Å². The second kappa shape index (κ2) is 7.45. The molecule has 3 rings (SSSR count). The smallest absolute Gasteiger partial charge is 0.223 e. The highest BCUT2D eigenvalue weighted by Crippen LogP contribution is 2.25. The van der Waals surface area contributed by atoms with Gasteiger partial charge in [0.15, 0.2) is 0 Å². The first-order valence-corrected chi connectivity index (χ1v) is 8.67. The Morgan fingerprint density at radius 3 is 2.17 bits per heavy atom. The fourth-order valence-corrected chi connectivity index (χ4v) is 3.29. The van der Waals surface area contributed by atoms with Gasteiger partial charge < -0.3 is 4.90 Å². The average Bonchev–Trinajstić information content (AvgIpc) is 2.63. The van der Waals surface area contributed by atoms with Crippen molar-refractivity contribution >= 4 is 5.91 Å². The summed E-state index contributed by atoms with van der Waals surface area (Å²) in [5.41, 5.74) is 3.70. The summed E-state index contributed by atoms with van der Waals surface area (Å²) in [6.07, 6.45) is 4.20. The zero-order valence-electron chi connectivity index (χ0n) is 13.9. The number of nitrogens with zero attached hydrogens (tertiary/aromatic N) is 1. The van der Waals surface area contributed by atoms with Gasteiger partial charge in [0.1, 0.15) is 0 Å². The molecule has 0 aromatic heterocycles. The van der Waals surface area contributed by atoms with Crippen molar-refractivity contribution in [1.29, 1.82) is 0 Å². The molecule has 1 saturated heterocycles. The largest absolute Gasteiger partial charge is 0.343 e. The summed E-state index contributed by atoms with van der Waals surface area (Å²) < 4.78 is 0. The van der Waals surface area contributed by atoms with Crippen LogP contribution in [0.1, 0.15) is 44.1 Å².